The third kappa shape index (κ3) is 6.49. The first kappa shape index (κ1) is 40.7. The van der Waals surface area contributed by atoms with Gasteiger partial charge in [-0.2, -0.15) is 0 Å². The van der Waals surface area contributed by atoms with E-state index in [4.69, 9.17) is 16.1 Å². The fourth-order valence-electron chi connectivity index (χ4n) is 11.4. The molecule has 0 N–H and O–H groups in total. The normalized spacial score (nSPS) is 18.1. The minimum absolute atomic E-state index is 0.111. The van der Waals surface area contributed by atoms with Crippen molar-refractivity contribution < 1.29 is 9.47 Å². The zero-order valence-electron chi connectivity index (χ0n) is 38.2. The van der Waals surface area contributed by atoms with Gasteiger partial charge in [0.1, 0.15) is 23.0 Å². The van der Waals surface area contributed by atoms with Gasteiger partial charge in [0.25, 0.3) is 0 Å². The van der Waals surface area contributed by atoms with Crippen molar-refractivity contribution >= 4 is 51.8 Å². The molecule has 0 aromatic heterocycles. The topological polar surface area (TPSA) is 24.9 Å². The highest BCUT2D eigenvalue weighted by atomic mass is 16.5. The molecule has 0 radical (unpaired) electrons. The van der Waals surface area contributed by atoms with Crippen LogP contribution < -0.4 is 14.5 Å². The molecule has 2 aliphatic heterocycles. The van der Waals surface area contributed by atoms with E-state index in [0.29, 0.717) is 17.3 Å². The average Bonchev–Trinajstić information content (AvgIpc) is 3.58. The number of nitrogens with zero attached hydrogens (tertiary/aromatic N) is 2. The van der Waals surface area contributed by atoms with E-state index in [1.807, 2.05) is 18.2 Å². The summed E-state index contributed by atoms with van der Waals surface area (Å²) >= 11 is 0. The minimum atomic E-state index is -0.151. The lowest BCUT2D eigenvalue weighted by Gasteiger charge is -2.35. The number of benzene rings is 6. The van der Waals surface area contributed by atoms with Gasteiger partial charge < -0.3 is 19.3 Å². The quantitative estimate of drug-likeness (QED) is 0.159. The smallest absolute Gasteiger partial charge is 0.137 e. The van der Waals surface area contributed by atoms with Crippen LogP contribution in [-0.2, 0) is 23.0 Å². The van der Waals surface area contributed by atoms with E-state index in [1.165, 1.54) is 50.2 Å². The zero-order valence-corrected chi connectivity index (χ0v) is 38.2. The Morgan fingerprint density at radius 1 is 0.642 bits per heavy atom. The fourth-order valence-corrected chi connectivity index (χ4v) is 11.4. The predicted octanol–water partition coefficient (Wildman–Crippen LogP) is 16.4. The number of ether oxygens (including phenoxy) is 2. The molecule has 0 saturated carbocycles. The third-order valence-electron chi connectivity index (χ3n) is 14.7. The molecule has 4 heteroatoms. The van der Waals surface area contributed by atoms with Gasteiger partial charge in [-0.15, -0.1) is 0 Å². The van der Waals surface area contributed by atoms with E-state index in [0.717, 1.165) is 94.0 Å². The van der Waals surface area contributed by atoms with Crippen LogP contribution in [0.4, 0.5) is 22.7 Å². The van der Waals surface area contributed by atoms with Gasteiger partial charge in [0.2, 0.25) is 0 Å². The molecule has 6 aromatic rings. The number of rotatable bonds is 7. The number of allylic oxidation sites excluding steroid dienone is 6. The molecule has 0 bridgehead atoms. The number of para-hydroxylation sites is 1. The van der Waals surface area contributed by atoms with Crippen molar-refractivity contribution in [2.45, 2.75) is 57.4 Å². The van der Waals surface area contributed by atoms with Crippen LogP contribution in [0.1, 0.15) is 88.7 Å². The van der Waals surface area contributed by atoms with E-state index in [2.05, 4.69) is 189 Å². The van der Waals surface area contributed by atoms with Gasteiger partial charge in [0.05, 0.1) is 11.7 Å². The summed E-state index contributed by atoms with van der Waals surface area (Å²) in [4.78, 5) is 4.70. The number of anilines is 4. The second-order valence-electron chi connectivity index (χ2n) is 18.9. The van der Waals surface area contributed by atoms with Crippen LogP contribution in [0, 0.1) is 0 Å². The molecule has 67 heavy (non-hydrogen) atoms. The summed E-state index contributed by atoms with van der Waals surface area (Å²) in [5, 5.41) is 0. The molecule has 4 aliphatic carbocycles. The molecule has 0 amide bonds. The molecular weight excluding hydrogens is 817 g/mol. The van der Waals surface area contributed by atoms with Gasteiger partial charge in [0.15, 0.2) is 0 Å². The molecule has 1 unspecified atom stereocenters. The van der Waals surface area contributed by atoms with Crippen molar-refractivity contribution in [3.8, 4) is 22.6 Å². The first-order valence-corrected chi connectivity index (χ1v) is 23.6. The van der Waals surface area contributed by atoms with E-state index in [1.54, 1.807) is 0 Å². The summed E-state index contributed by atoms with van der Waals surface area (Å²) in [5.41, 5.74) is 21.1. The predicted molar refractivity (Wildman–Crippen MR) is 280 cm³/mol. The lowest BCUT2D eigenvalue weighted by Crippen LogP contribution is -2.32. The Morgan fingerprint density at radius 3 is 2.19 bits per heavy atom. The zero-order chi connectivity index (χ0) is 45.6. The number of fused-ring (bicyclic) bond motifs is 10. The van der Waals surface area contributed by atoms with Gasteiger partial charge in [0, 0.05) is 68.1 Å². The van der Waals surface area contributed by atoms with Gasteiger partial charge >= 0.3 is 0 Å². The molecule has 326 valence electrons. The molecule has 6 aromatic carbocycles. The molecule has 4 nitrogen and oxygen atoms in total. The van der Waals surface area contributed by atoms with Gasteiger partial charge in [-0.3, -0.25) is 0 Å². The molecule has 0 spiro atoms. The van der Waals surface area contributed by atoms with Crippen molar-refractivity contribution in [1.82, 2.24) is 0 Å². The molecule has 6 aliphatic rings. The van der Waals surface area contributed by atoms with E-state index >= 15 is 0 Å². The Bertz CT molecular complexity index is 3330. The van der Waals surface area contributed by atoms with Crippen LogP contribution in [0.2, 0.25) is 0 Å². The van der Waals surface area contributed by atoms with E-state index < -0.39 is 0 Å². The highest BCUT2D eigenvalue weighted by Crippen LogP contribution is 2.55. The lowest BCUT2D eigenvalue weighted by atomic mass is 9.82. The Labute approximate surface area is 394 Å². The Balaban J connectivity index is 0.931. The van der Waals surface area contributed by atoms with Crippen LogP contribution in [0.25, 0.3) is 40.2 Å². The first-order chi connectivity index (χ1) is 32.7. The maximum absolute atomic E-state index is 6.97. The van der Waals surface area contributed by atoms with Crippen LogP contribution >= 0.6 is 0 Å². The molecular formula is C63H52N2O2. The van der Waals surface area contributed by atoms with Crippen LogP contribution in [0.3, 0.4) is 0 Å². The van der Waals surface area contributed by atoms with Crippen LogP contribution in [-0.4, -0.2) is 6.04 Å². The summed E-state index contributed by atoms with van der Waals surface area (Å²) in [6, 6.07) is 39.5. The van der Waals surface area contributed by atoms with Crippen LogP contribution in [0.5, 0.6) is 11.5 Å². The van der Waals surface area contributed by atoms with Crippen molar-refractivity contribution in [1.29, 1.82) is 0 Å². The van der Waals surface area contributed by atoms with Crippen molar-refractivity contribution in [3.05, 3.63) is 245 Å². The largest absolute Gasteiger partial charge is 0.457 e. The fraction of sp³-hybridized carbons (Fsp3) is 0.143. The third-order valence-corrected chi connectivity index (χ3v) is 14.7. The minimum Gasteiger partial charge on any atom is -0.457 e. The Morgan fingerprint density at radius 2 is 1.37 bits per heavy atom. The van der Waals surface area contributed by atoms with Crippen molar-refractivity contribution in [2.24, 2.45) is 0 Å². The number of hydrogen-bond donors (Lipinski definition) is 0. The van der Waals surface area contributed by atoms with Gasteiger partial charge in [-0.05, 0) is 137 Å². The average molecular weight is 869 g/mol. The maximum atomic E-state index is 6.97. The highest BCUT2D eigenvalue weighted by molar-refractivity contribution is 5.99. The summed E-state index contributed by atoms with van der Waals surface area (Å²) < 4.78 is 13.6. The Hall–Kier alpha value is -7.82. The summed E-state index contributed by atoms with van der Waals surface area (Å²) in [6.07, 6.45) is 25.0. The van der Waals surface area contributed by atoms with Crippen molar-refractivity contribution in [2.75, 3.05) is 9.80 Å². The highest BCUT2D eigenvalue weighted by Gasteiger charge is 2.37. The Kier molecular flexibility index (Phi) is 9.51. The summed E-state index contributed by atoms with van der Waals surface area (Å²) in [6.45, 7) is 23.0. The maximum Gasteiger partial charge on any atom is 0.137 e. The van der Waals surface area contributed by atoms with Gasteiger partial charge in [-0.1, -0.05) is 137 Å². The second kappa shape index (κ2) is 15.7. The van der Waals surface area contributed by atoms with E-state index in [-0.39, 0.29) is 11.5 Å². The standard InChI is InChI=1S/C63H52N2O2/c1-39(64(44-20-9-7-10-21-44)45-22-11-8-12-23-45)35-59-40(2)49-33-34-58-61(62(49)42(4)66-59)41(3)48-31-29-47(38-60(48)67-58)65(57-36-43-19-13-14-24-50(43)51-25-15-16-27-54(51)57)46-30-32-53-52-26-17-18-28-55(52)63(5,6)56(53)37-46/h7-13,16-22,26-38,45H,1-4,14-15,23-25H2,5-6H3/b59-35+. The van der Waals surface area contributed by atoms with Crippen molar-refractivity contribution in [3.63, 3.8) is 0 Å². The molecule has 2 heterocycles. The lowest BCUT2D eigenvalue weighted by molar-refractivity contribution is 0.399. The molecule has 0 saturated heterocycles. The monoisotopic (exact) mass is 868 g/mol. The van der Waals surface area contributed by atoms with Gasteiger partial charge in [-0.25, -0.2) is 0 Å². The second-order valence-corrected chi connectivity index (χ2v) is 18.9. The summed E-state index contributed by atoms with van der Waals surface area (Å²) in [5.74, 6) is 2.58. The first-order valence-electron chi connectivity index (χ1n) is 23.6. The summed E-state index contributed by atoms with van der Waals surface area (Å²) in [7, 11) is 0. The number of hydrogen-bond acceptors (Lipinski definition) is 4. The molecule has 1 atom stereocenters. The van der Waals surface area contributed by atoms with E-state index in [9.17, 15) is 0 Å². The molecule has 0 fully saturated rings. The van der Waals surface area contributed by atoms with Crippen LogP contribution in [0.15, 0.2) is 189 Å². The SMILES string of the molecule is C=C1/C(=C\C(=C)N(c2ccccc2)C2C=CC=CC2)OC(=C)c2c1ccc1c2C(=C)c2ccc(N(c3ccc4c(c3)C(C)(C)c3ccccc3-4)c3cc4c(c5c3C=CCC5)CCC=C4)cc2O1. The molecule has 12 rings (SSSR count).